The van der Waals surface area contributed by atoms with Gasteiger partial charge in [0.05, 0.1) is 0 Å². The molecule has 0 amide bonds. The molecule has 2 N–H and O–H groups in total. The molecule has 0 spiro atoms. The maximum Gasteiger partial charge on any atom is 0.139 e. The van der Waals surface area contributed by atoms with E-state index in [0.29, 0.717) is 24.0 Å². The molecule has 1 aromatic carbocycles. The molecule has 14 heavy (non-hydrogen) atoms. The van der Waals surface area contributed by atoms with E-state index < -0.39 is 5.67 Å². The van der Waals surface area contributed by atoms with Gasteiger partial charge in [-0.3, -0.25) is 0 Å². The van der Waals surface area contributed by atoms with Gasteiger partial charge in [0.15, 0.2) is 0 Å². The van der Waals surface area contributed by atoms with Crippen LogP contribution in [0.3, 0.4) is 0 Å². The number of aryl methyl sites for hydroxylation is 1. The Kier molecular flexibility index (Phi) is 2.07. The lowest BCUT2D eigenvalue weighted by molar-refractivity contribution is 0.0402. The lowest BCUT2D eigenvalue weighted by Gasteiger charge is -2.39. The van der Waals surface area contributed by atoms with Crippen LogP contribution in [-0.2, 0) is 5.67 Å². The van der Waals surface area contributed by atoms with E-state index in [1.807, 2.05) is 0 Å². The lowest BCUT2D eigenvalue weighted by Crippen LogP contribution is -2.46. The number of halogens is 2. The van der Waals surface area contributed by atoms with Crippen LogP contribution in [0.5, 0.6) is 0 Å². The molecule has 1 aliphatic carbocycles. The molecule has 1 saturated carbocycles. The fourth-order valence-electron chi connectivity index (χ4n) is 1.88. The van der Waals surface area contributed by atoms with E-state index in [9.17, 15) is 8.78 Å². The molecule has 0 aliphatic heterocycles. The lowest BCUT2D eigenvalue weighted by atomic mass is 9.73. The molecule has 0 unspecified atom stereocenters. The van der Waals surface area contributed by atoms with Crippen LogP contribution in [0.25, 0.3) is 0 Å². The van der Waals surface area contributed by atoms with Gasteiger partial charge >= 0.3 is 0 Å². The first-order valence-corrected chi connectivity index (χ1v) is 4.72. The number of nitrogens with two attached hydrogens (primary N) is 1. The molecule has 1 aliphatic rings. The highest BCUT2D eigenvalue weighted by molar-refractivity contribution is 5.30. The fraction of sp³-hybridized carbons (Fsp3) is 0.455. The predicted octanol–water partition coefficient (Wildman–Crippen LogP) is 2.42. The van der Waals surface area contributed by atoms with Gasteiger partial charge < -0.3 is 5.73 Å². The maximum atomic E-state index is 14.0. The number of rotatable bonds is 1. The van der Waals surface area contributed by atoms with Gasteiger partial charge in [0.1, 0.15) is 11.5 Å². The van der Waals surface area contributed by atoms with Crippen molar-refractivity contribution in [3.63, 3.8) is 0 Å². The molecule has 1 aromatic rings. The first kappa shape index (κ1) is 9.59. The zero-order chi connectivity index (χ0) is 10.3. The molecule has 76 valence electrons. The van der Waals surface area contributed by atoms with Crippen molar-refractivity contribution >= 4 is 0 Å². The second-order valence-corrected chi connectivity index (χ2v) is 4.10. The third-order valence-electron chi connectivity index (χ3n) is 2.86. The third-order valence-corrected chi connectivity index (χ3v) is 2.86. The Morgan fingerprint density at radius 1 is 1.43 bits per heavy atom. The van der Waals surface area contributed by atoms with E-state index in [2.05, 4.69) is 0 Å². The second kappa shape index (κ2) is 3.02. The Labute approximate surface area is 81.9 Å². The van der Waals surface area contributed by atoms with Gasteiger partial charge in [-0.15, -0.1) is 0 Å². The summed E-state index contributed by atoms with van der Waals surface area (Å²) in [4.78, 5) is 0. The topological polar surface area (TPSA) is 26.0 Å². The molecular weight excluding hydrogens is 184 g/mol. The minimum Gasteiger partial charge on any atom is -0.327 e. The van der Waals surface area contributed by atoms with Gasteiger partial charge in [-0.1, -0.05) is 12.1 Å². The Morgan fingerprint density at radius 3 is 2.57 bits per heavy atom. The van der Waals surface area contributed by atoms with Crippen LogP contribution in [0.4, 0.5) is 8.78 Å². The molecule has 0 saturated heterocycles. The minimum absolute atomic E-state index is 0.0793. The average molecular weight is 197 g/mol. The largest absolute Gasteiger partial charge is 0.327 e. The predicted molar refractivity (Wildman–Crippen MR) is 51.1 cm³/mol. The van der Waals surface area contributed by atoms with Crippen LogP contribution < -0.4 is 5.73 Å². The summed E-state index contributed by atoms with van der Waals surface area (Å²) in [6.07, 6.45) is 0.602. The van der Waals surface area contributed by atoms with Crippen LogP contribution in [0, 0.1) is 12.7 Å². The standard InChI is InChI=1S/C11H13F2N/c1-7-2-3-8(4-10(7)12)11(13)5-9(14)6-11/h2-4,9H,5-6,14H2,1H3. The third kappa shape index (κ3) is 1.42. The number of alkyl halides is 1. The van der Waals surface area contributed by atoms with Crippen molar-refractivity contribution in [1.29, 1.82) is 0 Å². The first-order valence-electron chi connectivity index (χ1n) is 4.72. The van der Waals surface area contributed by atoms with Gasteiger partial charge in [0.2, 0.25) is 0 Å². The van der Waals surface area contributed by atoms with E-state index in [1.54, 1.807) is 19.1 Å². The number of benzene rings is 1. The van der Waals surface area contributed by atoms with Gasteiger partial charge in [-0.05, 0) is 24.1 Å². The Balaban J connectivity index is 2.29. The monoisotopic (exact) mass is 197 g/mol. The molecule has 0 heterocycles. The van der Waals surface area contributed by atoms with E-state index in [-0.39, 0.29) is 11.9 Å². The highest BCUT2D eigenvalue weighted by Crippen LogP contribution is 2.44. The second-order valence-electron chi connectivity index (χ2n) is 4.10. The Bertz CT molecular complexity index is 356. The van der Waals surface area contributed by atoms with Crippen molar-refractivity contribution in [1.82, 2.24) is 0 Å². The molecular formula is C11H13F2N. The van der Waals surface area contributed by atoms with Crippen molar-refractivity contribution in [2.24, 2.45) is 5.73 Å². The van der Waals surface area contributed by atoms with E-state index in [4.69, 9.17) is 5.73 Å². The van der Waals surface area contributed by atoms with Crippen LogP contribution >= 0.6 is 0 Å². The van der Waals surface area contributed by atoms with Crippen molar-refractivity contribution in [3.05, 3.63) is 35.1 Å². The summed E-state index contributed by atoms with van der Waals surface area (Å²) < 4.78 is 27.1. The molecule has 0 radical (unpaired) electrons. The summed E-state index contributed by atoms with van der Waals surface area (Å²) in [7, 11) is 0. The summed E-state index contributed by atoms with van der Waals surface area (Å²) in [5.41, 5.74) is 5.09. The quantitative estimate of drug-likeness (QED) is 0.735. The summed E-state index contributed by atoms with van der Waals surface area (Å²) in [6.45, 7) is 1.66. The SMILES string of the molecule is Cc1ccc(C2(F)CC(N)C2)cc1F. The van der Waals surface area contributed by atoms with Crippen molar-refractivity contribution in [2.75, 3.05) is 0 Å². The zero-order valence-corrected chi connectivity index (χ0v) is 8.06. The smallest absolute Gasteiger partial charge is 0.139 e. The molecule has 0 atom stereocenters. The minimum atomic E-state index is -1.39. The molecule has 3 heteroatoms. The number of hydrogen-bond acceptors (Lipinski definition) is 1. The summed E-state index contributed by atoms with van der Waals surface area (Å²) in [5.74, 6) is -0.347. The highest BCUT2D eigenvalue weighted by Gasteiger charge is 2.44. The zero-order valence-electron chi connectivity index (χ0n) is 8.06. The van der Waals surface area contributed by atoms with Crippen LogP contribution in [0.15, 0.2) is 18.2 Å². The van der Waals surface area contributed by atoms with Gasteiger partial charge in [0, 0.05) is 18.9 Å². The Morgan fingerprint density at radius 2 is 2.07 bits per heavy atom. The van der Waals surface area contributed by atoms with Crippen LogP contribution in [0.1, 0.15) is 24.0 Å². The van der Waals surface area contributed by atoms with Gasteiger partial charge in [-0.2, -0.15) is 0 Å². The van der Waals surface area contributed by atoms with Crippen LogP contribution in [-0.4, -0.2) is 6.04 Å². The van der Waals surface area contributed by atoms with Crippen LogP contribution in [0.2, 0.25) is 0 Å². The highest BCUT2D eigenvalue weighted by atomic mass is 19.1. The number of hydrogen-bond donors (Lipinski definition) is 1. The van der Waals surface area contributed by atoms with Crippen molar-refractivity contribution in [3.8, 4) is 0 Å². The first-order chi connectivity index (χ1) is 6.51. The van der Waals surface area contributed by atoms with Crippen molar-refractivity contribution < 1.29 is 8.78 Å². The molecule has 1 fully saturated rings. The van der Waals surface area contributed by atoms with Gasteiger partial charge in [0.25, 0.3) is 0 Å². The molecule has 0 aromatic heterocycles. The fourth-order valence-corrected chi connectivity index (χ4v) is 1.88. The normalized spacial score (nSPS) is 31.3. The van der Waals surface area contributed by atoms with Gasteiger partial charge in [-0.25, -0.2) is 8.78 Å². The Hall–Kier alpha value is -0.960. The van der Waals surface area contributed by atoms with E-state index in [0.717, 1.165) is 0 Å². The van der Waals surface area contributed by atoms with E-state index in [1.165, 1.54) is 6.07 Å². The molecule has 0 bridgehead atoms. The summed E-state index contributed by atoms with van der Waals surface area (Å²) in [6, 6.07) is 4.45. The van der Waals surface area contributed by atoms with Crippen molar-refractivity contribution in [2.45, 2.75) is 31.5 Å². The summed E-state index contributed by atoms with van der Waals surface area (Å²) >= 11 is 0. The summed E-state index contributed by atoms with van der Waals surface area (Å²) in [5, 5.41) is 0. The molecule has 2 rings (SSSR count). The average Bonchev–Trinajstić information content (AvgIpc) is 2.07. The molecule has 1 nitrogen and oxygen atoms in total. The van der Waals surface area contributed by atoms with E-state index >= 15 is 0 Å². The maximum absolute atomic E-state index is 14.0.